The lowest BCUT2D eigenvalue weighted by molar-refractivity contribution is 0.0690. The van der Waals surface area contributed by atoms with E-state index >= 15 is 0 Å². The van der Waals surface area contributed by atoms with Gasteiger partial charge in [0.2, 0.25) is 0 Å². The van der Waals surface area contributed by atoms with Crippen LogP contribution >= 0.6 is 11.6 Å². The molecule has 0 saturated carbocycles. The highest BCUT2D eigenvalue weighted by Gasteiger charge is 2.20. The first kappa shape index (κ1) is 16.6. The van der Waals surface area contributed by atoms with Crippen LogP contribution < -0.4 is 5.32 Å². The van der Waals surface area contributed by atoms with Crippen LogP contribution in [-0.2, 0) is 4.74 Å². The van der Waals surface area contributed by atoms with Crippen molar-refractivity contribution in [3.05, 3.63) is 46.5 Å². The molecule has 8 heteroatoms. The molecule has 2 N–H and O–H groups in total. The van der Waals surface area contributed by atoms with Crippen molar-refractivity contribution >= 4 is 28.9 Å². The zero-order chi connectivity index (χ0) is 17.1. The van der Waals surface area contributed by atoms with Gasteiger partial charge in [-0.2, -0.15) is 0 Å². The van der Waals surface area contributed by atoms with Crippen molar-refractivity contribution in [3.63, 3.8) is 0 Å². The van der Waals surface area contributed by atoms with Crippen molar-refractivity contribution in [3.8, 4) is 0 Å². The Balaban J connectivity index is 1.85. The molecular weight excluding hydrogens is 337 g/mol. The van der Waals surface area contributed by atoms with Gasteiger partial charge in [0.25, 0.3) is 0 Å². The first-order valence-electron chi connectivity index (χ1n) is 7.45. The Hall–Kier alpha value is -2.25. The van der Waals surface area contributed by atoms with Gasteiger partial charge in [0, 0.05) is 25.0 Å². The Morgan fingerprint density at radius 3 is 2.71 bits per heavy atom. The molecule has 24 heavy (non-hydrogen) atoms. The highest BCUT2D eigenvalue weighted by molar-refractivity contribution is 6.29. The van der Waals surface area contributed by atoms with Crippen LogP contribution in [0.15, 0.2) is 24.3 Å². The van der Waals surface area contributed by atoms with Gasteiger partial charge in [0.15, 0.2) is 10.8 Å². The standard InChI is InChI=1S/C16H15ClFN3O3/c17-14-8-13(15(16(22)23)21-20-14)19-10-1-2-11(12(18)7-10)9-3-5-24-6-4-9/h1-2,7-9H,3-6H2,(H,19,20)(H,22,23). The maximum Gasteiger partial charge on any atom is 0.358 e. The van der Waals surface area contributed by atoms with E-state index in [1.165, 1.54) is 12.1 Å². The van der Waals surface area contributed by atoms with Gasteiger partial charge in [0.05, 0.1) is 5.69 Å². The number of ether oxygens (including phenoxy) is 1. The molecule has 0 aliphatic carbocycles. The van der Waals surface area contributed by atoms with Crippen molar-refractivity contribution in [2.24, 2.45) is 0 Å². The lowest BCUT2D eigenvalue weighted by Crippen LogP contribution is -2.15. The van der Waals surface area contributed by atoms with Crippen molar-refractivity contribution in [1.82, 2.24) is 10.2 Å². The molecule has 0 unspecified atom stereocenters. The van der Waals surface area contributed by atoms with E-state index in [-0.39, 0.29) is 28.3 Å². The lowest BCUT2D eigenvalue weighted by Gasteiger charge is -2.23. The number of nitrogens with zero attached hydrogens (tertiary/aromatic N) is 2. The van der Waals surface area contributed by atoms with Crippen LogP contribution in [0.25, 0.3) is 0 Å². The van der Waals surface area contributed by atoms with E-state index in [4.69, 9.17) is 21.4 Å². The third-order valence-electron chi connectivity index (χ3n) is 3.91. The van der Waals surface area contributed by atoms with Crippen LogP contribution in [0.1, 0.15) is 34.8 Å². The summed E-state index contributed by atoms with van der Waals surface area (Å²) in [7, 11) is 0. The number of carboxylic acid groups (broad SMARTS) is 1. The molecule has 2 heterocycles. The summed E-state index contributed by atoms with van der Waals surface area (Å²) < 4.78 is 19.7. The molecule has 1 aromatic carbocycles. The molecule has 0 amide bonds. The van der Waals surface area contributed by atoms with Gasteiger partial charge in [-0.15, -0.1) is 10.2 Å². The number of aromatic nitrogens is 2. The SMILES string of the molecule is O=C(O)c1nnc(Cl)cc1Nc1ccc(C2CCOCC2)c(F)c1. The molecular formula is C16H15ClFN3O3. The molecule has 0 radical (unpaired) electrons. The molecule has 0 spiro atoms. The van der Waals surface area contributed by atoms with Gasteiger partial charge in [0.1, 0.15) is 5.82 Å². The second-order valence-corrected chi connectivity index (χ2v) is 5.87. The zero-order valence-corrected chi connectivity index (χ0v) is 13.4. The smallest absolute Gasteiger partial charge is 0.358 e. The Morgan fingerprint density at radius 1 is 1.29 bits per heavy atom. The average molecular weight is 352 g/mol. The number of rotatable bonds is 4. The van der Waals surface area contributed by atoms with Gasteiger partial charge in [-0.05, 0) is 36.5 Å². The van der Waals surface area contributed by atoms with Gasteiger partial charge in [-0.1, -0.05) is 17.7 Å². The van der Waals surface area contributed by atoms with Gasteiger partial charge in [-0.3, -0.25) is 0 Å². The summed E-state index contributed by atoms with van der Waals surface area (Å²) >= 11 is 5.75. The number of benzene rings is 1. The Labute approximate surface area is 142 Å². The van der Waals surface area contributed by atoms with Gasteiger partial charge in [-0.25, -0.2) is 9.18 Å². The normalized spacial score (nSPS) is 15.2. The van der Waals surface area contributed by atoms with Crippen molar-refractivity contribution < 1.29 is 19.0 Å². The fourth-order valence-electron chi connectivity index (χ4n) is 2.72. The molecule has 126 valence electrons. The minimum Gasteiger partial charge on any atom is -0.476 e. The Bertz CT molecular complexity index is 766. The first-order chi connectivity index (χ1) is 11.5. The summed E-state index contributed by atoms with van der Waals surface area (Å²) in [6.45, 7) is 1.26. The van der Waals surface area contributed by atoms with Gasteiger partial charge >= 0.3 is 5.97 Å². The number of hydrogen-bond donors (Lipinski definition) is 2. The van der Waals surface area contributed by atoms with Crippen LogP contribution in [0.5, 0.6) is 0 Å². The summed E-state index contributed by atoms with van der Waals surface area (Å²) in [6.07, 6.45) is 1.58. The van der Waals surface area contributed by atoms with E-state index in [0.717, 1.165) is 12.8 Å². The zero-order valence-electron chi connectivity index (χ0n) is 12.6. The largest absolute Gasteiger partial charge is 0.476 e. The summed E-state index contributed by atoms with van der Waals surface area (Å²) in [5.41, 5.74) is 0.928. The number of carboxylic acids is 1. The maximum absolute atomic E-state index is 14.4. The first-order valence-corrected chi connectivity index (χ1v) is 7.83. The predicted octanol–water partition coefficient (Wildman–Crippen LogP) is 3.60. The van der Waals surface area contributed by atoms with Crippen LogP contribution in [-0.4, -0.2) is 34.5 Å². The Kier molecular flexibility index (Phi) is 4.92. The molecule has 6 nitrogen and oxygen atoms in total. The van der Waals surface area contributed by atoms with E-state index < -0.39 is 5.97 Å². The average Bonchev–Trinajstić information content (AvgIpc) is 2.55. The fraction of sp³-hybridized carbons (Fsp3) is 0.312. The molecule has 1 fully saturated rings. The number of hydrogen-bond acceptors (Lipinski definition) is 5. The van der Waals surface area contributed by atoms with E-state index in [1.807, 2.05) is 0 Å². The molecule has 1 saturated heterocycles. The second-order valence-electron chi connectivity index (χ2n) is 5.48. The molecule has 1 aliphatic heterocycles. The summed E-state index contributed by atoms with van der Waals surface area (Å²) in [6, 6.07) is 6.09. The van der Waals surface area contributed by atoms with Crippen molar-refractivity contribution in [2.45, 2.75) is 18.8 Å². The third kappa shape index (κ3) is 3.63. The molecule has 0 atom stereocenters. The molecule has 2 aromatic rings. The lowest BCUT2D eigenvalue weighted by atomic mass is 9.91. The van der Waals surface area contributed by atoms with Crippen molar-refractivity contribution in [2.75, 3.05) is 18.5 Å². The fourth-order valence-corrected chi connectivity index (χ4v) is 2.87. The maximum atomic E-state index is 14.4. The summed E-state index contributed by atoms with van der Waals surface area (Å²) in [5, 5.41) is 19.0. The van der Waals surface area contributed by atoms with Crippen molar-refractivity contribution in [1.29, 1.82) is 0 Å². The molecule has 0 bridgehead atoms. The van der Waals surface area contributed by atoms with Crippen LogP contribution in [0, 0.1) is 5.82 Å². The molecule has 3 rings (SSSR count). The highest BCUT2D eigenvalue weighted by Crippen LogP contribution is 2.31. The second kappa shape index (κ2) is 7.11. The number of nitrogens with one attached hydrogen (secondary N) is 1. The minimum absolute atomic E-state index is 0.0433. The number of carbonyl (C=O) groups is 1. The van der Waals surface area contributed by atoms with E-state index in [9.17, 15) is 9.18 Å². The Morgan fingerprint density at radius 2 is 2.04 bits per heavy atom. The van der Waals surface area contributed by atoms with Gasteiger partial charge < -0.3 is 15.2 Å². The molecule has 1 aromatic heterocycles. The topological polar surface area (TPSA) is 84.3 Å². The summed E-state index contributed by atoms with van der Waals surface area (Å²) in [5.74, 6) is -1.45. The molecule has 1 aliphatic rings. The van der Waals surface area contributed by atoms with E-state index in [0.29, 0.717) is 24.5 Å². The monoisotopic (exact) mass is 351 g/mol. The summed E-state index contributed by atoms with van der Waals surface area (Å²) in [4.78, 5) is 11.2. The van der Waals surface area contributed by atoms with Crippen LogP contribution in [0.2, 0.25) is 5.15 Å². The number of anilines is 2. The van der Waals surface area contributed by atoms with E-state index in [2.05, 4.69) is 15.5 Å². The quantitative estimate of drug-likeness (QED) is 0.875. The van der Waals surface area contributed by atoms with E-state index in [1.54, 1.807) is 12.1 Å². The predicted molar refractivity (Wildman–Crippen MR) is 86.5 cm³/mol. The number of aromatic carboxylic acids is 1. The van der Waals surface area contributed by atoms with Crippen LogP contribution in [0.4, 0.5) is 15.8 Å². The highest BCUT2D eigenvalue weighted by atomic mass is 35.5. The van der Waals surface area contributed by atoms with Crippen LogP contribution in [0.3, 0.4) is 0 Å². The third-order valence-corrected chi connectivity index (χ3v) is 4.09. The number of halogens is 2. The minimum atomic E-state index is -1.25.